The summed E-state index contributed by atoms with van der Waals surface area (Å²) in [4.78, 5) is 33.6. The van der Waals surface area contributed by atoms with E-state index in [9.17, 15) is 14.4 Å². The summed E-state index contributed by atoms with van der Waals surface area (Å²) in [6.07, 6.45) is -4.45. The number of methoxy groups -OCH3 is 2. The van der Waals surface area contributed by atoms with Gasteiger partial charge in [0.25, 0.3) is 0 Å². The molecule has 3 unspecified atom stereocenters. The van der Waals surface area contributed by atoms with E-state index in [0.717, 1.165) is 0 Å². The molecule has 23 heavy (non-hydrogen) atoms. The lowest BCUT2D eigenvalue weighted by molar-refractivity contribution is -0.302. The number of hydrogen-bond acceptors (Lipinski definition) is 9. The molecule has 1 aliphatic rings. The van der Waals surface area contributed by atoms with Crippen molar-refractivity contribution in [1.82, 2.24) is 0 Å². The quantitative estimate of drug-likeness (QED) is 0.482. The van der Waals surface area contributed by atoms with E-state index in [1.54, 1.807) is 0 Å². The van der Waals surface area contributed by atoms with Crippen LogP contribution in [0.5, 0.6) is 0 Å². The number of carbonyl (C=O) groups is 3. The van der Waals surface area contributed by atoms with Gasteiger partial charge in [-0.05, 0) is 0 Å². The molecule has 0 N–H and O–H groups in total. The van der Waals surface area contributed by atoms with Crippen LogP contribution in [0, 0.1) is 0 Å². The van der Waals surface area contributed by atoms with E-state index >= 15 is 0 Å². The predicted octanol–water partition coefficient (Wildman–Crippen LogP) is -0.201. The van der Waals surface area contributed by atoms with Gasteiger partial charge in [-0.3, -0.25) is 14.4 Å². The standard InChI is InChI=1S/C14H22O9/c1-7(15)20-6-10-11(18-4)12(19-5)13(21-8(2)16)14(23-10)22-9(3)17/h10-14H,6H2,1-5H3/t10?,11-,12?,13?,14-/m1/s1. The lowest BCUT2D eigenvalue weighted by Gasteiger charge is -2.43. The van der Waals surface area contributed by atoms with Crippen LogP contribution in [0.4, 0.5) is 0 Å². The largest absolute Gasteiger partial charge is 0.463 e. The van der Waals surface area contributed by atoms with E-state index < -0.39 is 48.6 Å². The second kappa shape index (κ2) is 8.80. The molecule has 9 heteroatoms. The summed E-state index contributed by atoms with van der Waals surface area (Å²) in [7, 11) is 2.81. The average Bonchev–Trinajstić information content (AvgIpc) is 2.45. The second-order valence-corrected chi connectivity index (χ2v) is 4.93. The predicted molar refractivity (Wildman–Crippen MR) is 74.2 cm³/mol. The molecule has 0 aromatic rings. The Morgan fingerprint density at radius 3 is 1.83 bits per heavy atom. The minimum atomic E-state index is -1.20. The first-order chi connectivity index (χ1) is 10.8. The molecule has 0 spiro atoms. The maximum atomic E-state index is 11.3. The fourth-order valence-electron chi connectivity index (χ4n) is 2.34. The van der Waals surface area contributed by atoms with Crippen molar-refractivity contribution in [2.24, 2.45) is 0 Å². The lowest BCUT2D eigenvalue weighted by atomic mass is 9.98. The maximum absolute atomic E-state index is 11.3. The summed E-state index contributed by atoms with van der Waals surface area (Å²) < 4.78 is 31.4. The third-order valence-corrected chi connectivity index (χ3v) is 3.17. The molecule has 0 radical (unpaired) electrons. The molecule has 132 valence electrons. The highest BCUT2D eigenvalue weighted by Crippen LogP contribution is 2.28. The normalized spacial score (nSPS) is 30.4. The Balaban J connectivity index is 3.02. The molecule has 1 aliphatic heterocycles. The van der Waals surface area contributed by atoms with Crippen LogP contribution in [0.1, 0.15) is 20.8 Å². The molecule has 5 atom stereocenters. The Bertz CT molecular complexity index is 436. The Kier molecular flexibility index (Phi) is 7.40. The molecule has 1 fully saturated rings. The maximum Gasteiger partial charge on any atom is 0.305 e. The zero-order valence-corrected chi connectivity index (χ0v) is 13.8. The SMILES string of the molecule is COC1C(OC(C)=O)[C@H](OC(C)=O)OC(COC(C)=O)[C@H]1OC. The fraction of sp³-hybridized carbons (Fsp3) is 0.786. The monoisotopic (exact) mass is 334 g/mol. The van der Waals surface area contributed by atoms with Gasteiger partial charge < -0.3 is 28.4 Å². The van der Waals surface area contributed by atoms with Crippen LogP contribution < -0.4 is 0 Å². The topological polar surface area (TPSA) is 107 Å². The van der Waals surface area contributed by atoms with Gasteiger partial charge in [0.1, 0.15) is 24.9 Å². The molecule has 0 aromatic heterocycles. The molecular weight excluding hydrogens is 312 g/mol. The van der Waals surface area contributed by atoms with E-state index in [1.165, 1.54) is 35.0 Å². The lowest BCUT2D eigenvalue weighted by Crippen LogP contribution is -2.62. The molecule has 1 saturated heterocycles. The Hall–Kier alpha value is -1.71. The van der Waals surface area contributed by atoms with Crippen molar-refractivity contribution in [2.75, 3.05) is 20.8 Å². The highest BCUT2D eigenvalue weighted by atomic mass is 16.7. The molecule has 0 aromatic carbocycles. The minimum Gasteiger partial charge on any atom is -0.463 e. The van der Waals surface area contributed by atoms with Crippen LogP contribution in [0.2, 0.25) is 0 Å². The molecule has 0 saturated carbocycles. The molecule has 1 rings (SSSR count). The average molecular weight is 334 g/mol. The van der Waals surface area contributed by atoms with E-state index in [4.69, 9.17) is 28.4 Å². The summed E-state index contributed by atoms with van der Waals surface area (Å²) in [6.45, 7) is 3.53. The van der Waals surface area contributed by atoms with E-state index in [-0.39, 0.29) is 6.61 Å². The van der Waals surface area contributed by atoms with E-state index in [2.05, 4.69) is 0 Å². The first-order valence-electron chi connectivity index (χ1n) is 6.99. The van der Waals surface area contributed by atoms with E-state index in [1.807, 2.05) is 0 Å². The highest BCUT2D eigenvalue weighted by molar-refractivity contribution is 5.67. The summed E-state index contributed by atoms with van der Waals surface area (Å²) >= 11 is 0. The molecule has 0 aliphatic carbocycles. The van der Waals surface area contributed by atoms with Gasteiger partial charge in [0, 0.05) is 35.0 Å². The van der Waals surface area contributed by atoms with Crippen molar-refractivity contribution in [3.8, 4) is 0 Å². The summed E-state index contributed by atoms with van der Waals surface area (Å²) in [5, 5.41) is 0. The Morgan fingerprint density at radius 2 is 1.39 bits per heavy atom. The van der Waals surface area contributed by atoms with Gasteiger partial charge in [0.15, 0.2) is 6.10 Å². The molecule has 0 amide bonds. The summed E-state index contributed by atoms with van der Waals surface area (Å²) in [6, 6.07) is 0. The molecule has 9 nitrogen and oxygen atoms in total. The minimum absolute atomic E-state index is 0.127. The summed E-state index contributed by atoms with van der Waals surface area (Å²) in [5.74, 6) is -1.71. The number of ether oxygens (including phenoxy) is 6. The van der Waals surface area contributed by atoms with Gasteiger partial charge in [-0.25, -0.2) is 0 Å². The van der Waals surface area contributed by atoms with Gasteiger partial charge in [-0.15, -0.1) is 0 Å². The number of carbonyl (C=O) groups excluding carboxylic acids is 3. The first kappa shape index (κ1) is 19.3. The van der Waals surface area contributed by atoms with Crippen molar-refractivity contribution >= 4 is 17.9 Å². The van der Waals surface area contributed by atoms with Crippen molar-refractivity contribution < 1.29 is 42.8 Å². The van der Waals surface area contributed by atoms with Crippen LogP contribution in [0.3, 0.4) is 0 Å². The third-order valence-electron chi connectivity index (χ3n) is 3.17. The van der Waals surface area contributed by atoms with Crippen LogP contribution in [-0.2, 0) is 42.8 Å². The Labute approximate surface area is 134 Å². The second-order valence-electron chi connectivity index (χ2n) is 4.93. The van der Waals surface area contributed by atoms with Crippen molar-refractivity contribution in [3.05, 3.63) is 0 Å². The van der Waals surface area contributed by atoms with Crippen molar-refractivity contribution in [2.45, 2.75) is 51.5 Å². The van der Waals surface area contributed by atoms with Crippen molar-refractivity contribution in [3.63, 3.8) is 0 Å². The van der Waals surface area contributed by atoms with Crippen LogP contribution in [0.25, 0.3) is 0 Å². The number of rotatable bonds is 6. The smallest absolute Gasteiger partial charge is 0.305 e. The number of hydrogen-bond donors (Lipinski definition) is 0. The Morgan fingerprint density at radius 1 is 0.826 bits per heavy atom. The van der Waals surface area contributed by atoms with Crippen LogP contribution in [0.15, 0.2) is 0 Å². The summed E-state index contributed by atoms with van der Waals surface area (Å²) in [5.41, 5.74) is 0. The third kappa shape index (κ3) is 5.45. The molecular formula is C14H22O9. The van der Waals surface area contributed by atoms with Crippen LogP contribution in [-0.4, -0.2) is 69.4 Å². The zero-order chi connectivity index (χ0) is 17.6. The number of esters is 3. The molecule has 0 bridgehead atoms. The van der Waals surface area contributed by atoms with Gasteiger partial charge in [0.2, 0.25) is 6.29 Å². The zero-order valence-electron chi connectivity index (χ0n) is 13.8. The van der Waals surface area contributed by atoms with Gasteiger partial charge in [-0.2, -0.15) is 0 Å². The van der Waals surface area contributed by atoms with E-state index in [0.29, 0.717) is 0 Å². The fourth-order valence-corrected chi connectivity index (χ4v) is 2.34. The van der Waals surface area contributed by atoms with Gasteiger partial charge in [0.05, 0.1) is 0 Å². The van der Waals surface area contributed by atoms with Gasteiger partial charge in [-0.1, -0.05) is 0 Å². The van der Waals surface area contributed by atoms with Crippen LogP contribution >= 0.6 is 0 Å². The molecule has 1 heterocycles. The van der Waals surface area contributed by atoms with Gasteiger partial charge >= 0.3 is 17.9 Å². The highest BCUT2D eigenvalue weighted by Gasteiger charge is 2.50. The first-order valence-corrected chi connectivity index (χ1v) is 6.99. The van der Waals surface area contributed by atoms with Crippen molar-refractivity contribution in [1.29, 1.82) is 0 Å².